The van der Waals surface area contributed by atoms with Crippen molar-refractivity contribution < 1.29 is 0 Å². The summed E-state index contributed by atoms with van der Waals surface area (Å²) in [6, 6.07) is 0. The van der Waals surface area contributed by atoms with Crippen LogP contribution in [-0.4, -0.2) is 25.1 Å². The summed E-state index contributed by atoms with van der Waals surface area (Å²) in [6.07, 6.45) is 6.05. The lowest BCUT2D eigenvalue weighted by Crippen LogP contribution is -2.32. The molecule has 0 radical (unpaired) electrons. The van der Waals surface area contributed by atoms with E-state index in [1.807, 2.05) is 11.8 Å². The van der Waals surface area contributed by atoms with Gasteiger partial charge in [-0.1, -0.05) is 20.8 Å². The SMILES string of the molecule is CCCNCC(C)(CC)CCSC. The fraction of sp³-hybridized carbons (Fsp3) is 1.00. The highest BCUT2D eigenvalue weighted by atomic mass is 32.2. The Bertz CT molecular complexity index is 117. The predicted molar refractivity (Wildman–Crippen MR) is 64.6 cm³/mol. The van der Waals surface area contributed by atoms with E-state index in [2.05, 4.69) is 32.3 Å². The molecule has 0 fully saturated rings. The lowest BCUT2D eigenvalue weighted by molar-refractivity contribution is 0.284. The normalized spacial score (nSPS) is 15.7. The highest BCUT2D eigenvalue weighted by Crippen LogP contribution is 2.26. The van der Waals surface area contributed by atoms with Gasteiger partial charge in [-0.25, -0.2) is 0 Å². The Balaban J connectivity index is 3.67. The highest BCUT2D eigenvalue weighted by Gasteiger charge is 2.20. The molecule has 0 aliphatic rings. The van der Waals surface area contributed by atoms with Gasteiger partial charge in [0.2, 0.25) is 0 Å². The summed E-state index contributed by atoms with van der Waals surface area (Å²) >= 11 is 1.96. The average Bonchev–Trinajstić information content (AvgIpc) is 2.15. The Morgan fingerprint density at radius 3 is 2.46 bits per heavy atom. The molecule has 80 valence electrons. The molecule has 0 spiro atoms. The molecule has 2 heteroatoms. The zero-order chi connectivity index (χ0) is 10.2. The van der Waals surface area contributed by atoms with Crippen molar-refractivity contribution in [3.63, 3.8) is 0 Å². The van der Waals surface area contributed by atoms with E-state index < -0.39 is 0 Å². The lowest BCUT2D eigenvalue weighted by atomic mass is 9.84. The molecule has 0 aliphatic heterocycles. The maximum atomic E-state index is 3.53. The van der Waals surface area contributed by atoms with Crippen molar-refractivity contribution in [3.05, 3.63) is 0 Å². The smallest absolute Gasteiger partial charge is 0.000535 e. The minimum Gasteiger partial charge on any atom is -0.316 e. The first-order valence-electron chi connectivity index (χ1n) is 5.38. The first kappa shape index (κ1) is 13.3. The molecule has 0 saturated heterocycles. The molecule has 1 atom stereocenters. The first-order chi connectivity index (χ1) is 6.18. The summed E-state index contributed by atoms with van der Waals surface area (Å²) in [7, 11) is 0. The van der Waals surface area contributed by atoms with Gasteiger partial charge in [0.15, 0.2) is 0 Å². The second-order valence-corrected chi connectivity index (χ2v) is 5.07. The largest absolute Gasteiger partial charge is 0.316 e. The zero-order valence-electron chi connectivity index (χ0n) is 9.65. The average molecular weight is 203 g/mol. The van der Waals surface area contributed by atoms with E-state index in [9.17, 15) is 0 Å². The van der Waals surface area contributed by atoms with Gasteiger partial charge in [-0.05, 0) is 43.2 Å². The molecule has 1 nitrogen and oxygen atoms in total. The van der Waals surface area contributed by atoms with Gasteiger partial charge < -0.3 is 5.32 Å². The van der Waals surface area contributed by atoms with E-state index in [1.54, 1.807) is 0 Å². The Hall–Kier alpha value is 0.310. The second-order valence-electron chi connectivity index (χ2n) is 4.08. The van der Waals surface area contributed by atoms with Gasteiger partial charge in [-0.2, -0.15) is 11.8 Å². The summed E-state index contributed by atoms with van der Waals surface area (Å²) in [6.45, 7) is 9.25. The second kappa shape index (κ2) is 7.69. The van der Waals surface area contributed by atoms with E-state index in [0.29, 0.717) is 5.41 Å². The van der Waals surface area contributed by atoms with Gasteiger partial charge in [-0.3, -0.25) is 0 Å². The molecule has 0 saturated carbocycles. The summed E-state index contributed by atoms with van der Waals surface area (Å²) in [5.74, 6) is 1.29. The number of thioether (sulfide) groups is 1. The van der Waals surface area contributed by atoms with Gasteiger partial charge in [0.05, 0.1) is 0 Å². The number of rotatable bonds is 8. The summed E-state index contributed by atoms with van der Waals surface area (Å²) in [5, 5.41) is 3.53. The van der Waals surface area contributed by atoms with Crippen LogP contribution < -0.4 is 5.32 Å². The van der Waals surface area contributed by atoms with Crippen LogP contribution in [0.2, 0.25) is 0 Å². The maximum Gasteiger partial charge on any atom is 0.000535 e. The number of hydrogen-bond donors (Lipinski definition) is 1. The van der Waals surface area contributed by atoms with Gasteiger partial charge in [0.25, 0.3) is 0 Å². The fourth-order valence-electron chi connectivity index (χ4n) is 1.31. The third-order valence-electron chi connectivity index (χ3n) is 2.74. The van der Waals surface area contributed by atoms with E-state index >= 15 is 0 Å². The molecule has 0 amide bonds. The molecular formula is C11H25NS. The molecule has 1 unspecified atom stereocenters. The van der Waals surface area contributed by atoms with Crippen LogP contribution in [0.3, 0.4) is 0 Å². The van der Waals surface area contributed by atoms with E-state index in [4.69, 9.17) is 0 Å². The quantitative estimate of drug-likeness (QED) is 0.608. The van der Waals surface area contributed by atoms with Gasteiger partial charge >= 0.3 is 0 Å². The van der Waals surface area contributed by atoms with Gasteiger partial charge in [0.1, 0.15) is 0 Å². The first-order valence-corrected chi connectivity index (χ1v) is 6.77. The standard InChI is InChI=1S/C11H25NS/c1-5-8-12-10-11(3,6-2)7-9-13-4/h12H,5-10H2,1-4H3. The minimum atomic E-state index is 0.512. The monoisotopic (exact) mass is 203 g/mol. The zero-order valence-corrected chi connectivity index (χ0v) is 10.5. The molecule has 0 bridgehead atoms. The van der Waals surface area contributed by atoms with Crippen LogP contribution in [-0.2, 0) is 0 Å². The lowest BCUT2D eigenvalue weighted by Gasteiger charge is -2.28. The van der Waals surface area contributed by atoms with Crippen LogP contribution in [0.5, 0.6) is 0 Å². The maximum absolute atomic E-state index is 3.53. The molecule has 0 heterocycles. The van der Waals surface area contributed by atoms with Crippen LogP contribution in [0, 0.1) is 5.41 Å². The molecule has 13 heavy (non-hydrogen) atoms. The van der Waals surface area contributed by atoms with Crippen molar-refractivity contribution in [2.75, 3.05) is 25.1 Å². The van der Waals surface area contributed by atoms with Crippen molar-refractivity contribution in [1.82, 2.24) is 5.32 Å². The number of hydrogen-bond acceptors (Lipinski definition) is 2. The molecule has 0 aromatic carbocycles. The highest BCUT2D eigenvalue weighted by molar-refractivity contribution is 7.98. The molecule has 0 aromatic heterocycles. The molecule has 0 aliphatic carbocycles. The van der Waals surface area contributed by atoms with Gasteiger partial charge in [0, 0.05) is 6.54 Å². The fourth-order valence-corrected chi connectivity index (χ4v) is 2.00. The molecule has 0 aromatic rings. The van der Waals surface area contributed by atoms with Crippen LogP contribution in [0.4, 0.5) is 0 Å². The van der Waals surface area contributed by atoms with Crippen molar-refractivity contribution in [2.45, 2.75) is 40.0 Å². The molecule has 1 N–H and O–H groups in total. The van der Waals surface area contributed by atoms with Gasteiger partial charge in [-0.15, -0.1) is 0 Å². The Labute approximate surface area is 88.1 Å². The van der Waals surface area contributed by atoms with Crippen LogP contribution in [0.15, 0.2) is 0 Å². The predicted octanol–water partition coefficient (Wildman–Crippen LogP) is 3.16. The van der Waals surface area contributed by atoms with E-state index in [0.717, 1.165) is 6.54 Å². The number of nitrogens with one attached hydrogen (secondary N) is 1. The van der Waals surface area contributed by atoms with Crippen LogP contribution >= 0.6 is 11.8 Å². The van der Waals surface area contributed by atoms with Crippen molar-refractivity contribution in [2.24, 2.45) is 5.41 Å². The third-order valence-corrected chi connectivity index (χ3v) is 3.35. The third kappa shape index (κ3) is 6.39. The molecule has 0 rings (SSSR count). The van der Waals surface area contributed by atoms with Crippen LogP contribution in [0.1, 0.15) is 40.0 Å². The van der Waals surface area contributed by atoms with E-state index in [-0.39, 0.29) is 0 Å². The minimum absolute atomic E-state index is 0.512. The van der Waals surface area contributed by atoms with Crippen molar-refractivity contribution in [3.8, 4) is 0 Å². The Morgan fingerprint density at radius 2 is 2.00 bits per heavy atom. The summed E-state index contributed by atoms with van der Waals surface area (Å²) < 4.78 is 0. The van der Waals surface area contributed by atoms with Crippen molar-refractivity contribution >= 4 is 11.8 Å². The van der Waals surface area contributed by atoms with Crippen molar-refractivity contribution in [1.29, 1.82) is 0 Å². The Kier molecular flexibility index (Phi) is 7.87. The molecular weight excluding hydrogens is 178 g/mol. The Morgan fingerprint density at radius 1 is 1.31 bits per heavy atom. The summed E-state index contributed by atoms with van der Waals surface area (Å²) in [5.41, 5.74) is 0.512. The van der Waals surface area contributed by atoms with Crippen LogP contribution in [0.25, 0.3) is 0 Å². The summed E-state index contributed by atoms with van der Waals surface area (Å²) in [4.78, 5) is 0. The topological polar surface area (TPSA) is 12.0 Å². The van der Waals surface area contributed by atoms with E-state index in [1.165, 1.54) is 31.6 Å².